The van der Waals surface area contributed by atoms with Gasteiger partial charge in [0, 0.05) is 24.5 Å². The lowest BCUT2D eigenvalue weighted by atomic mass is 10.2. The highest BCUT2D eigenvalue weighted by Crippen LogP contribution is 2.29. The van der Waals surface area contributed by atoms with Crippen LogP contribution in [0, 0.1) is 12.7 Å². The Morgan fingerprint density at radius 3 is 2.66 bits per heavy atom. The van der Waals surface area contributed by atoms with E-state index in [1.165, 1.54) is 6.07 Å². The summed E-state index contributed by atoms with van der Waals surface area (Å²) < 4.78 is 13.2. The number of hydrogen-bond donors (Lipinski definition) is 3. The fourth-order valence-electron chi connectivity index (χ4n) is 3.28. The normalized spacial score (nSPS) is 13.1. The fraction of sp³-hybridized carbons (Fsp3) is 0.136. The molecule has 0 saturated carbocycles. The molecule has 32 heavy (non-hydrogen) atoms. The van der Waals surface area contributed by atoms with Gasteiger partial charge in [-0.1, -0.05) is 17.7 Å². The van der Waals surface area contributed by atoms with Crippen LogP contribution in [0.3, 0.4) is 0 Å². The summed E-state index contributed by atoms with van der Waals surface area (Å²) >= 11 is 7.06. The molecule has 1 fully saturated rings. The first-order chi connectivity index (χ1) is 15.3. The van der Waals surface area contributed by atoms with E-state index < -0.39 is 11.7 Å². The van der Waals surface area contributed by atoms with Crippen molar-refractivity contribution in [3.05, 3.63) is 75.4 Å². The molecule has 0 unspecified atom stereocenters. The van der Waals surface area contributed by atoms with Crippen molar-refractivity contribution >= 4 is 57.2 Å². The summed E-state index contributed by atoms with van der Waals surface area (Å²) in [5.74, 6) is -1.37. The average Bonchev–Trinajstić information content (AvgIpc) is 3.33. The second-order valence-electron chi connectivity index (χ2n) is 7.09. The van der Waals surface area contributed by atoms with Gasteiger partial charge in [0.05, 0.1) is 20.5 Å². The minimum absolute atomic E-state index is 0.000287. The monoisotopic (exact) mass is 472 g/mol. The Bertz CT molecular complexity index is 1230. The molecule has 0 atom stereocenters. The molecule has 3 aromatic rings. The Morgan fingerprint density at radius 2 is 1.94 bits per heavy atom. The summed E-state index contributed by atoms with van der Waals surface area (Å²) in [4.78, 5) is 39.2. The van der Waals surface area contributed by atoms with E-state index in [1.54, 1.807) is 42.2 Å². The molecular formula is C22H18ClFN4O3S. The summed E-state index contributed by atoms with van der Waals surface area (Å²) in [5.41, 5.74) is 2.05. The van der Waals surface area contributed by atoms with Crippen LogP contribution in [0.5, 0.6) is 0 Å². The highest BCUT2D eigenvalue weighted by molar-refractivity contribution is 7.18. The van der Waals surface area contributed by atoms with E-state index in [0.717, 1.165) is 23.5 Å². The van der Waals surface area contributed by atoms with Crippen molar-refractivity contribution in [2.24, 2.45) is 0 Å². The maximum Gasteiger partial charge on any atom is 0.321 e. The molecule has 0 bridgehead atoms. The Labute approximate surface area is 192 Å². The van der Waals surface area contributed by atoms with E-state index in [4.69, 9.17) is 11.6 Å². The molecule has 164 valence electrons. The Hall–Kier alpha value is -3.43. The van der Waals surface area contributed by atoms with Crippen molar-refractivity contribution in [3.63, 3.8) is 0 Å². The third-order valence-electron chi connectivity index (χ3n) is 4.81. The maximum absolute atomic E-state index is 13.2. The molecule has 3 N–H and O–H groups in total. The SMILES string of the molecule is Cc1cc(NC(=O)c2ccc(F)cc2Cl)sc1C(=O)Nc1cccc(N2CCNC2=O)c1. The summed E-state index contributed by atoms with van der Waals surface area (Å²) in [6.07, 6.45) is 0. The Kier molecular flexibility index (Phi) is 6.11. The highest BCUT2D eigenvalue weighted by atomic mass is 35.5. The molecule has 2 aromatic carbocycles. The number of aryl methyl sites for hydroxylation is 1. The van der Waals surface area contributed by atoms with Crippen molar-refractivity contribution < 1.29 is 18.8 Å². The van der Waals surface area contributed by atoms with Gasteiger partial charge < -0.3 is 16.0 Å². The number of nitrogens with zero attached hydrogens (tertiary/aromatic N) is 1. The van der Waals surface area contributed by atoms with Gasteiger partial charge in [0.25, 0.3) is 11.8 Å². The number of carbonyl (C=O) groups excluding carboxylic acids is 3. The number of urea groups is 1. The van der Waals surface area contributed by atoms with Gasteiger partial charge in [0.2, 0.25) is 0 Å². The second-order valence-corrected chi connectivity index (χ2v) is 8.55. The first-order valence-electron chi connectivity index (χ1n) is 9.65. The number of rotatable bonds is 5. The predicted molar refractivity (Wildman–Crippen MR) is 124 cm³/mol. The van der Waals surface area contributed by atoms with Crippen LogP contribution < -0.4 is 20.9 Å². The predicted octanol–water partition coefficient (Wildman–Crippen LogP) is 4.88. The Balaban J connectivity index is 1.47. The zero-order chi connectivity index (χ0) is 22.8. The van der Waals surface area contributed by atoms with Crippen molar-refractivity contribution in [2.45, 2.75) is 6.92 Å². The van der Waals surface area contributed by atoms with Gasteiger partial charge in [0.1, 0.15) is 5.82 Å². The van der Waals surface area contributed by atoms with Crippen LogP contribution in [0.4, 0.5) is 25.6 Å². The number of carbonyl (C=O) groups is 3. The maximum atomic E-state index is 13.2. The second kappa shape index (κ2) is 8.97. The van der Waals surface area contributed by atoms with E-state index >= 15 is 0 Å². The zero-order valence-electron chi connectivity index (χ0n) is 16.9. The summed E-state index contributed by atoms with van der Waals surface area (Å²) in [6.45, 7) is 2.89. The number of anilines is 3. The quantitative estimate of drug-likeness (QED) is 0.494. The van der Waals surface area contributed by atoms with Gasteiger partial charge in [-0.2, -0.15) is 0 Å². The third kappa shape index (κ3) is 4.58. The van der Waals surface area contributed by atoms with Crippen molar-refractivity contribution in [2.75, 3.05) is 28.6 Å². The van der Waals surface area contributed by atoms with E-state index in [-0.39, 0.29) is 22.5 Å². The van der Waals surface area contributed by atoms with Crippen LogP contribution >= 0.6 is 22.9 Å². The summed E-state index contributed by atoms with van der Waals surface area (Å²) in [7, 11) is 0. The molecule has 0 aliphatic carbocycles. The number of hydrogen-bond acceptors (Lipinski definition) is 4. The number of benzene rings is 2. The standard InChI is InChI=1S/C22H18ClFN4O3S/c1-12-9-18(27-20(29)16-6-5-13(24)10-17(16)23)32-19(12)21(30)26-14-3-2-4-15(11-14)28-8-7-25-22(28)31/h2-6,9-11H,7-8H2,1H3,(H,25,31)(H,26,30)(H,27,29). The summed E-state index contributed by atoms with van der Waals surface area (Å²) in [6, 6.07) is 12.0. The van der Waals surface area contributed by atoms with Gasteiger partial charge >= 0.3 is 6.03 Å². The molecule has 2 heterocycles. The molecule has 7 nitrogen and oxygen atoms in total. The van der Waals surface area contributed by atoms with Crippen LogP contribution in [0.1, 0.15) is 25.6 Å². The number of thiophene rings is 1. The number of amides is 4. The van der Waals surface area contributed by atoms with Crippen LogP contribution in [-0.2, 0) is 0 Å². The lowest BCUT2D eigenvalue weighted by molar-refractivity contribution is 0.102. The molecule has 4 rings (SSSR count). The van der Waals surface area contributed by atoms with Crippen LogP contribution in [0.2, 0.25) is 5.02 Å². The Morgan fingerprint density at radius 1 is 1.12 bits per heavy atom. The molecular weight excluding hydrogens is 455 g/mol. The van der Waals surface area contributed by atoms with Gasteiger partial charge in [-0.05, 0) is 55.0 Å². The lowest BCUT2D eigenvalue weighted by Crippen LogP contribution is -2.27. The van der Waals surface area contributed by atoms with Crippen LogP contribution in [0.15, 0.2) is 48.5 Å². The van der Waals surface area contributed by atoms with Gasteiger partial charge in [-0.25, -0.2) is 9.18 Å². The molecule has 4 amide bonds. The zero-order valence-corrected chi connectivity index (χ0v) is 18.4. The first-order valence-corrected chi connectivity index (χ1v) is 10.8. The molecule has 0 radical (unpaired) electrons. The third-order valence-corrected chi connectivity index (χ3v) is 6.27. The molecule has 0 spiro atoms. The molecule has 1 saturated heterocycles. The molecule has 1 aliphatic heterocycles. The smallest absolute Gasteiger partial charge is 0.321 e. The van der Waals surface area contributed by atoms with Gasteiger partial charge in [-0.3, -0.25) is 14.5 Å². The minimum Gasteiger partial charge on any atom is -0.336 e. The largest absolute Gasteiger partial charge is 0.336 e. The minimum atomic E-state index is -0.535. The van der Waals surface area contributed by atoms with Gasteiger partial charge in [-0.15, -0.1) is 11.3 Å². The van der Waals surface area contributed by atoms with E-state index in [2.05, 4.69) is 16.0 Å². The molecule has 1 aromatic heterocycles. The van der Waals surface area contributed by atoms with Crippen LogP contribution in [0.25, 0.3) is 0 Å². The van der Waals surface area contributed by atoms with E-state index in [1.807, 2.05) is 0 Å². The van der Waals surface area contributed by atoms with E-state index in [0.29, 0.717) is 39.9 Å². The lowest BCUT2D eigenvalue weighted by Gasteiger charge is -2.15. The van der Waals surface area contributed by atoms with Crippen molar-refractivity contribution in [1.82, 2.24) is 5.32 Å². The van der Waals surface area contributed by atoms with Crippen molar-refractivity contribution in [3.8, 4) is 0 Å². The first kappa shape index (κ1) is 21.8. The molecule has 10 heteroatoms. The topological polar surface area (TPSA) is 90.5 Å². The fourth-order valence-corrected chi connectivity index (χ4v) is 4.50. The van der Waals surface area contributed by atoms with Gasteiger partial charge in [0.15, 0.2) is 0 Å². The highest BCUT2D eigenvalue weighted by Gasteiger charge is 2.22. The van der Waals surface area contributed by atoms with E-state index in [9.17, 15) is 18.8 Å². The van der Waals surface area contributed by atoms with Crippen molar-refractivity contribution in [1.29, 1.82) is 0 Å². The number of nitrogens with one attached hydrogen (secondary N) is 3. The van der Waals surface area contributed by atoms with Crippen LogP contribution in [-0.4, -0.2) is 30.9 Å². The number of halogens is 2. The summed E-state index contributed by atoms with van der Waals surface area (Å²) in [5, 5.41) is 8.72. The molecule has 1 aliphatic rings. The average molecular weight is 473 g/mol.